The van der Waals surface area contributed by atoms with Gasteiger partial charge in [-0.05, 0) is 56.9 Å². The lowest BCUT2D eigenvalue weighted by Crippen LogP contribution is -2.34. The number of halogens is 1. The Hall–Kier alpha value is -1.06. The molecule has 2 aromatic heterocycles. The van der Waals surface area contributed by atoms with Gasteiger partial charge in [0.2, 0.25) is 0 Å². The van der Waals surface area contributed by atoms with E-state index in [2.05, 4.69) is 23.0 Å². The van der Waals surface area contributed by atoms with E-state index in [1.807, 2.05) is 22.7 Å². The van der Waals surface area contributed by atoms with E-state index < -0.39 is 0 Å². The van der Waals surface area contributed by atoms with Crippen LogP contribution in [-0.4, -0.2) is 33.9 Å². The molecule has 0 unspecified atom stereocenters. The molecule has 0 bridgehead atoms. The molecular formula is C15H20ClN3. The summed E-state index contributed by atoms with van der Waals surface area (Å²) in [7, 11) is 0. The molecular weight excluding hydrogens is 258 g/mol. The third kappa shape index (κ3) is 2.77. The summed E-state index contributed by atoms with van der Waals surface area (Å²) in [6, 6.07) is 3.86. The van der Waals surface area contributed by atoms with Crippen molar-refractivity contribution in [3.05, 3.63) is 35.2 Å². The summed E-state index contributed by atoms with van der Waals surface area (Å²) >= 11 is 6.16. The van der Waals surface area contributed by atoms with Crippen LogP contribution in [0.2, 0.25) is 5.02 Å². The minimum atomic E-state index is 0.731. The number of rotatable bonds is 3. The van der Waals surface area contributed by atoms with Crippen molar-refractivity contribution in [2.45, 2.75) is 26.2 Å². The van der Waals surface area contributed by atoms with Gasteiger partial charge in [-0.3, -0.25) is 0 Å². The lowest BCUT2D eigenvalue weighted by atomic mass is 9.92. The average molecular weight is 278 g/mol. The van der Waals surface area contributed by atoms with Crippen molar-refractivity contribution < 1.29 is 0 Å². The summed E-state index contributed by atoms with van der Waals surface area (Å²) < 4.78 is 2.03. The molecule has 0 atom stereocenters. The van der Waals surface area contributed by atoms with Crippen molar-refractivity contribution in [2.75, 3.05) is 19.6 Å². The van der Waals surface area contributed by atoms with Gasteiger partial charge in [0.05, 0.1) is 10.7 Å². The first kappa shape index (κ1) is 12.9. The number of nitrogens with zero attached hydrogens (tertiary/aromatic N) is 3. The molecule has 0 N–H and O–H groups in total. The van der Waals surface area contributed by atoms with Crippen molar-refractivity contribution in [1.82, 2.24) is 14.3 Å². The first-order valence-electron chi connectivity index (χ1n) is 7.10. The number of likely N-dealkylation sites (tertiary alicyclic amines) is 1. The van der Waals surface area contributed by atoms with Crippen LogP contribution in [-0.2, 0) is 6.42 Å². The van der Waals surface area contributed by atoms with Crippen LogP contribution in [0.3, 0.4) is 0 Å². The molecule has 19 heavy (non-hydrogen) atoms. The summed E-state index contributed by atoms with van der Waals surface area (Å²) in [6.45, 7) is 5.88. The fraction of sp³-hybridized carbons (Fsp3) is 0.533. The smallest absolute Gasteiger partial charge is 0.155 e. The Balaban J connectivity index is 1.70. The Kier molecular flexibility index (Phi) is 3.76. The number of imidazole rings is 1. The SMILES string of the molecule is CCN1CCC(Cc2cn3cccc(Cl)c3n2)CC1. The van der Waals surface area contributed by atoms with Gasteiger partial charge in [-0.2, -0.15) is 0 Å². The third-order valence-electron chi connectivity index (χ3n) is 4.14. The van der Waals surface area contributed by atoms with E-state index in [4.69, 9.17) is 11.6 Å². The molecule has 0 aromatic carbocycles. The Bertz CT molecular complexity index is 556. The Morgan fingerprint density at radius 2 is 2.16 bits per heavy atom. The van der Waals surface area contributed by atoms with Crippen LogP contribution in [0.25, 0.3) is 5.65 Å². The van der Waals surface area contributed by atoms with Gasteiger partial charge in [0.1, 0.15) is 0 Å². The summed E-state index contributed by atoms with van der Waals surface area (Å²) in [4.78, 5) is 7.19. The van der Waals surface area contributed by atoms with Gasteiger partial charge in [0.25, 0.3) is 0 Å². The van der Waals surface area contributed by atoms with Crippen LogP contribution >= 0.6 is 11.6 Å². The number of hydrogen-bond acceptors (Lipinski definition) is 2. The lowest BCUT2D eigenvalue weighted by Gasteiger charge is -2.30. The van der Waals surface area contributed by atoms with E-state index in [1.54, 1.807) is 0 Å². The van der Waals surface area contributed by atoms with Gasteiger partial charge in [-0.25, -0.2) is 4.98 Å². The largest absolute Gasteiger partial charge is 0.306 e. The quantitative estimate of drug-likeness (QED) is 0.858. The van der Waals surface area contributed by atoms with Crippen molar-refractivity contribution in [3.63, 3.8) is 0 Å². The number of aromatic nitrogens is 2. The number of hydrogen-bond donors (Lipinski definition) is 0. The highest BCUT2D eigenvalue weighted by Gasteiger charge is 2.19. The fourth-order valence-corrected chi connectivity index (χ4v) is 3.14. The topological polar surface area (TPSA) is 20.5 Å². The molecule has 2 aromatic rings. The Morgan fingerprint density at radius 3 is 2.84 bits per heavy atom. The van der Waals surface area contributed by atoms with Crippen molar-refractivity contribution in [1.29, 1.82) is 0 Å². The summed E-state index contributed by atoms with van der Waals surface area (Å²) in [6.07, 6.45) is 7.78. The molecule has 3 heterocycles. The second-order valence-corrected chi connectivity index (χ2v) is 5.81. The average Bonchev–Trinajstić information content (AvgIpc) is 2.84. The Morgan fingerprint density at radius 1 is 1.37 bits per heavy atom. The van der Waals surface area contributed by atoms with Gasteiger partial charge in [0.15, 0.2) is 5.65 Å². The van der Waals surface area contributed by atoms with Crippen molar-refractivity contribution in [2.24, 2.45) is 5.92 Å². The number of piperidine rings is 1. The van der Waals surface area contributed by atoms with E-state index in [-0.39, 0.29) is 0 Å². The second kappa shape index (κ2) is 5.51. The van der Waals surface area contributed by atoms with Crippen LogP contribution in [0.5, 0.6) is 0 Å². The summed E-state index contributed by atoms with van der Waals surface area (Å²) in [5.74, 6) is 0.770. The monoisotopic (exact) mass is 277 g/mol. The highest BCUT2D eigenvalue weighted by molar-refractivity contribution is 6.33. The predicted octanol–water partition coefficient (Wildman–Crippen LogP) is 3.26. The van der Waals surface area contributed by atoms with Crippen molar-refractivity contribution in [3.8, 4) is 0 Å². The molecule has 0 spiro atoms. The number of pyridine rings is 1. The lowest BCUT2D eigenvalue weighted by molar-refractivity contribution is 0.191. The van der Waals surface area contributed by atoms with Gasteiger partial charge in [-0.15, -0.1) is 0 Å². The zero-order valence-corrected chi connectivity index (χ0v) is 12.1. The van der Waals surface area contributed by atoms with Gasteiger partial charge in [0, 0.05) is 12.4 Å². The highest BCUT2D eigenvalue weighted by Crippen LogP contribution is 2.23. The second-order valence-electron chi connectivity index (χ2n) is 5.40. The number of fused-ring (bicyclic) bond motifs is 1. The van der Waals surface area contributed by atoms with Crippen LogP contribution in [0, 0.1) is 5.92 Å². The minimum Gasteiger partial charge on any atom is -0.306 e. The summed E-state index contributed by atoms with van der Waals surface area (Å²) in [5.41, 5.74) is 2.05. The van der Waals surface area contributed by atoms with Crippen LogP contribution in [0.4, 0.5) is 0 Å². The van der Waals surface area contributed by atoms with E-state index in [9.17, 15) is 0 Å². The molecule has 0 amide bonds. The molecule has 1 fully saturated rings. The highest BCUT2D eigenvalue weighted by atomic mass is 35.5. The van der Waals surface area contributed by atoms with E-state index in [1.165, 1.54) is 38.2 Å². The zero-order valence-electron chi connectivity index (χ0n) is 11.3. The van der Waals surface area contributed by atoms with E-state index in [0.717, 1.165) is 23.0 Å². The van der Waals surface area contributed by atoms with E-state index in [0.29, 0.717) is 0 Å². The molecule has 0 saturated carbocycles. The maximum atomic E-state index is 6.16. The zero-order chi connectivity index (χ0) is 13.2. The normalized spacial score (nSPS) is 18.2. The summed E-state index contributed by atoms with van der Waals surface area (Å²) in [5, 5.41) is 0.731. The molecule has 4 heteroatoms. The van der Waals surface area contributed by atoms with E-state index >= 15 is 0 Å². The molecule has 3 rings (SSSR count). The molecule has 3 nitrogen and oxygen atoms in total. The van der Waals surface area contributed by atoms with Crippen molar-refractivity contribution >= 4 is 17.2 Å². The molecule has 1 aliphatic heterocycles. The fourth-order valence-electron chi connectivity index (χ4n) is 2.93. The Labute approximate surface area is 119 Å². The van der Waals surface area contributed by atoms with Gasteiger partial charge >= 0.3 is 0 Å². The molecule has 1 aliphatic rings. The minimum absolute atomic E-state index is 0.731. The molecule has 0 radical (unpaired) electrons. The first-order valence-corrected chi connectivity index (χ1v) is 7.48. The maximum Gasteiger partial charge on any atom is 0.155 e. The predicted molar refractivity (Wildman–Crippen MR) is 78.7 cm³/mol. The van der Waals surface area contributed by atoms with Crippen LogP contribution < -0.4 is 0 Å². The maximum absolute atomic E-state index is 6.16. The molecule has 1 saturated heterocycles. The molecule has 0 aliphatic carbocycles. The molecule has 102 valence electrons. The van der Waals surface area contributed by atoms with Gasteiger partial charge < -0.3 is 9.30 Å². The third-order valence-corrected chi connectivity index (χ3v) is 4.43. The standard InChI is InChI=1S/C15H20ClN3/c1-2-18-8-5-12(6-9-18)10-13-11-19-7-3-4-14(16)15(19)17-13/h3-4,7,11-12H,2,5-6,8-10H2,1H3. The van der Waals surface area contributed by atoms with Crippen LogP contribution in [0.1, 0.15) is 25.5 Å². The first-order chi connectivity index (χ1) is 9.26. The van der Waals surface area contributed by atoms with Gasteiger partial charge in [-0.1, -0.05) is 18.5 Å². The van der Waals surface area contributed by atoms with Crippen LogP contribution in [0.15, 0.2) is 24.5 Å².